The third-order valence-corrected chi connectivity index (χ3v) is 6.38. The monoisotopic (exact) mass is 457 g/mol. The van der Waals surface area contributed by atoms with Crippen molar-refractivity contribution in [3.05, 3.63) is 47.9 Å². The lowest BCUT2D eigenvalue weighted by molar-refractivity contribution is -0.118. The first kappa shape index (κ1) is 21.0. The summed E-state index contributed by atoms with van der Waals surface area (Å²) in [6.45, 7) is 5.21. The van der Waals surface area contributed by atoms with Gasteiger partial charge in [-0.3, -0.25) is 9.69 Å². The number of carbonyl (C=O) groups excluding carboxylic acids is 1. The molecule has 34 heavy (non-hydrogen) atoms. The van der Waals surface area contributed by atoms with Crippen molar-refractivity contribution < 1.29 is 9.53 Å². The average Bonchev–Trinajstić information content (AvgIpc) is 3.59. The number of fused-ring (bicyclic) bond motifs is 2. The highest BCUT2D eigenvalue weighted by Crippen LogP contribution is 2.40. The lowest BCUT2D eigenvalue weighted by atomic mass is 10.1. The molecule has 1 amide bonds. The Kier molecular flexibility index (Phi) is 5.35. The molecule has 3 heterocycles. The van der Waals surface area contributed by atoms with Gasteiger partial charge >= 0.3 is 0 Å². The number of H-pyrrole nitrogens is 1. The SMILES string of the molecule is Cc1cccc2cnc(Nc3cc(NC(=O)CN4CCOCC4)c4nc(C5CC5)[nH]c4c3)nc12. The Morgan fingerprint density at radius 2 is 2.03 bits per heavy atom. The number of carbonyl (C=O) groups is 1. The first-order valence-corrected chi connectivity index (χ1v) is 11.8. The highest BCUT2D eigenvalue weighted by Gasteiger charge is 2.27. The molecule has 1 saturated heterocycles. The van der Waals surface area contributed by atoms with E-state index in [0.29, 0.717) is 37.3 Å². The molecule has 0 unspecified atom stereocenters. The second-order valence-electron chi connectivity index (χ2n) is 9.08. The van der Waals surface area contributed by atoms with Gasteiger partial charge in [0.25, 0.3) is 0 Å². The molecule has 3 N–H and O–H groups in total. The number of hydrogen-bond donors (Lipinski definition) is 3. The number of hydrogen-bond acceptors (Lipinski definition) is 7. The van der Waals surface area contributed by atoms with E-state index in [1.165, 1.54) is 0 Å². The predicted octanol–water partition coefficient (Wildman–Crippen LogP) is 3.71. The Balaban J connectivity index is 1.31. The molecule has 174 valence electrons. The highest BCUT2D eigenvalue weighted by molar-refractivity contribution is 6.02. The molecule has 4 aromatic rings. The number of nitrogens with zero attached hydrogens (tertiary/aromatic N) is 4. The zero-order chi connectivity index (χ0) is 23.1. The van der Waals surface area contributed by atoms with Crippen molar-refractivity contribution in [1.82, 2.24) is 24.8 Å². The molecular weight excluding hydrogens is 430 g/mol. The van der Waals surface area contributed by atoms with Crippen LogP contribution in [-0.4, -0.2) is 63.6 Å². The van der Waals surface area contributed by atoms with Crippen molar-refractivity contribution in [3.63, 3.8) is 0 Å². The summed E-state index contributed by atoms with van der Waals surface area (Å²) in [5.41, 5.74) is 5.13. The van der Waals surface area contributed by atoms with Gasteiger partial charge in [-0.1, -0.05) is 18.2 Å². The van der Waals surface area contributed by atoms with E-state index in [1.54, 1.807) is 0 Å². The van der Waals surface area contributed by atoms with Crippen LogP contribution in [0.5, 0.6) is 0 Å². The molecule has 9 nitrogen and oxygen atoms in total. The fourth-order valence-corrected chi connectivity index (χ4v) is 4.40. The lowest BCUT2D eigenvalue weighted by Crippen LogP contribution is -2.41. The van der Waals surface area contributed by atoms with E-state index in [-0.39, 0.29) is 5.91 Å². The number of nitrogens with one attached hydrogen (secondary N) is 3. The van der Waals surface area contributed by atoms with Gasteiger partial charge in [0.1, 0.15) is 11.3 Å². The van der Waals surface area contributed by atoms with E-state index in [2.05, 4.69) is 25.5 Å². The summed E-state index contributed by atoms with van der Waals surface area (Å²) in [7, 11) is 0. The molecule has 1 aliphatic heterocycles. The van der Waals surface area contributed by atoms with Gasteiger partial charge in [-0.25, -0.2) is 15.0 Å². The van der Waals surface area contributed by atoms with E-state index < -0.39 is 0 Å². The number of imidazole rings is 1. The van der Waals surface area contributed by atoms with Crippen molar-refractivity contribution in [2.24, 2.45) is 0 Å². The van der Waals surface area contributed by atoms with Crippen LogP contribution >= 0.6 is 0 Å². The van der Waals surface area contributed by atoms with Gasteiger partial charge in [0.05, 0.1) is 36.5 Å². The standard InChI is InChI=1S/C25H27N7O2/c1-15-3-2-4-17-13-26-25(31-22(15)17)27-18-11-19(28-21(33)14-32-7-9-34-10-8-32)23-20(12-18)29-24(30-23)16-5-6-16/h2-4,11-13,16H,5-10,14H2,1H3,(H,28,33)(H,29,30)(H,26,27,31). The molecule has 0 spiro atoms. The number of aryl methyl sites for hydroxylation is 1. The van der Waals surface area contributed by atoms with Crippen LogP contribution in [0.4, 0.5) is 17.3 Å². The number of ether oxygens (including phenoxy) is 1. The molecule has 2 aromatic heterocycles. The summed E-state index contributed by atoms with van der Waals surface area (Å²) in [6, 6.07) is 9.95. The van der Waals surface area contributed by atoms with E-state index in [4.69, 9.17) is 14.7 Å². The Bertz CT molecular complexity index is 1370. The van der Waals surface area contributed by atoms with Crippen molar-refractivity contribution in [2.75, 3.05) is 43.5 Å². The van der Waals surface area contributed by atoms with Crippen molar-refractivity contribution in [2.45, 2.75) is 25.7 Å². The van der Waals surface area contributed by atoms with Crippen LogP contribution in [0, 0.1) is 6.92 Å². The molecule has 0 radical (unpaired) electrons. The van der Waals surface area contributed by atoms with Crippen LogP contribution in [0.25, 0.3) is 21.9 Å². The zero-order valence-electron chi connectivity index (χ0n) is 19.1. The minimum atomic E-state index is -0.0612. The third kappa shape index (κ3) is 4.32. The Hall–Kier alpha value is -3.56. The average molecular weight is 458 g/mol. The first-order chi connectivity index (χ1) is 16.6. The largest absolute Gasteiger partial charge is 0.379 e. The minimum Gasteiger partial charge on any atom is -0.379 e. The third-order valence-electron chi connectivity index (χ3n) is 6.38. The zero-order valence-corrected chi connectivity index (χ0v) is 19.1. The van der Waals surface area contributed by atoms with E-state index >= 15 is 0 Å². The molecule has 2 fully saturated rings. The number of anilines is 3. The quantitative estimate of drug-likeness (QED) is 0.405. The Morgan fingerprint density at radius 1 is 1.18 bits per heavy atom. The van der Waals surface area contributed by atoms with Crippen LogP contribution in [0.15, 0.2) is 36.5 Å². The summed E-state index contributed by atoms with van der Waals surface area (Å²) in [5, 5.41) is 7.40. The Morgan fingerprint density at radius 3 is 2.85 bits per heavy atom. The Labute approximate surface area is 196 Å². The van der Waals surface area contributed by atoms with E-state index in [9.17, 15) is 4.79 Å². The number of para-hydroxylation sites is 1. The second-order valence-corrected chi connectivity index (χ2v) is 9.08. The second kappa shape index (κ2) is 8.66. The molecule has 9 heteroatoms. The summed E-state index contributed by atoms with van der Waals surface area (Å²) in [5.74, 6) is 1.91. The topological polar surface area (TPSA) is 108 Å². The van der Waals surface area contributed by atoms with Crippen LogP contribution in [-0.2, 0) is 9.53 Å². The maximum absolute atomic E-state index is 12.9. The summed E-state index contributed by atoms with van der Waals surface area (Å²) >= 11 is 0. The number of benzene rings is 2. The number of aromatic amines is 1. The number of amides is 1. The molecule has 2 aromatic carbocycles. The molecule has 1 aliphatic carbocycles. The van der Waals surface area contributed by atoms with Gasteiger partial charge in [0.2, 0.25) is 11.9 Å². The summed E-state index contributed by atoms with van der Waals surface area (Å²) in [4.78, 5) is 32.4. The van der Waals surface area contributed by atoms with Crippen molar-refractivity contribution >= 4 is 45.2 Å². The van der Waals surface area contributed by atoms with Gasteiger partial charge in [0.15, 0.2) is 0 Å². The van der Waals surface area contributed by atoms with E-state index in [1.807, 2.05) is 43.5 Å². The number of rotatable bonds is 6. The molecular formula is C25H27N7O2. The van der Waals surface area contributed by atoms with Crippen molar-refractivity contribution in [3.8, 4) is 0 Å². The van der Waals surface area contributed by atoms with Crippen LogP contribution in [0.3, 0.4) is 0 Å². The number of morpholine rings is 1. The molecule has 6 rings (SSSR count). The van der Waals surface area contributed by atoms with Gasteiger partial charge in [-0.15, -0.1) is 0 Å². The maximum atomic E-state index is 12.9. The summed E-state index contributed by atoms with van der Waals surface area (Å²) < 4.78 is 5.39. The van der Waals surface area contributed by atoms with Crippen molar-refractivity contribution in [1.29, 1.82) is 0 Å². The molecule has 0 atom stereocenters. The van der Waals surface area contributed by atoms with Crippen LogP contribution in [0.1, 0.15) is 30.1 Å². The fraction of sp³-hybridized carbons (Fsp3) is 0.360. The minimum absolute atomic E-state index is 0.0612. The molecule has 1 saturated carbocycles. The first-order valence-electron chi connectivity index (χ1n) is 11.8. The predicted molar refractivity (Wildman–Crippen MR) is 132 cm³/mol. The fourth-order valence-electron chi connectivity index (χ4n) is 4.40. The van der Waals surface area contributed by atoms with Crippen LogP contribution < -0.4 is 10.6 Å². The number of aromatic nitrogens is 4. The van der Waals surface area contributed by atoms with Gasteiger partial charge in [-0.05, 0) is 37.5 Å². The lowest BCUT2D eigenvalue weighted by Gasteiger charge is -2.25. The van der Waals surface area contributed by atoms with Crippen LogP contribution in [0.2, 0.25) is 0 Å². The normalized spacial score (nSPS) is 16.7. The summed E-state index contributed by atoms with van der Waals surface area (Å²) in [6.07, 6.45) is 4.12. The highest BCUT2D eigenvalue weighted by atomic mass is 16.5. The van der Waals surface area contributed by atoms with Gasteiger partial charge in [0, 0.05) is 36.3 Å². The van der Waals surface area contributed by atoms with Gasteiger partial charge < -0.3 is 20.4 Å². The molecule has 2 aliphatic rings. The molecule has 0 bridgehead atoms. The van der Waals surface area contributed by atoms with E-state index in [0.717, 1.165) is 64.9 Å². The smallest absolute Gasteiger partial charge is 0.238 e. The van der Waals surface area contributed by atoms with Gasteiger partial charge in [-0.2, -0.15) is 0 Å². The maximum Gasteiger partial charge on any atom is 0.238 e.